The van der Waals surface area contributed by atoms with Crippen LogP contribution in [-0.2, 0) is 24.2 Å². The molecule has 5 nitrogen and oxygen atoms in total. The number of rotatable bonds is 3. The van der Waals surface area contributed by atoms with Gasteiger partial charge in [0.05, 0.1) is 12.0 Å². The van der Waals surface area contributed by atoms with Crippen LogP contribution in [0.15, 0.2) is 42.5 Å². The first-order valence-corrected chi connectivity index (χ1v) is 8.40. The van der Waals surface area contributed by atoms with Gasteiger partial charge in [-0.05, 0) is 35.9 Å². The van der Waals surface area contributed by atoms with Crippen LogP contribution in [0.2, 0.25) is 0 Å². The van der Waals surface area contributed by atoms with Gasteiger partial charge in [0.1, 0.15) is 5.82 Å². The fourth-order valence-corrected chi connectivity index (χ4v) is 3.45. The van der Waals surface area contributed by atoms with Gasteiger partial charge < -0.3 is 15.0 Å². The summed E-state index contributed by atoms with van der Waals surface area (Å²) in [5, 5.41) is 10.1. The molecule has 0 saturated heterocycles. The van der Waals surface area contributed by atoms with Crippen LogP contribution in [0, 0.1) is 5.82 Å². The summed E-state index contributed by atoms with van der Waals surface area (Å²) in [5.41, 5.74) is 3.91. The molecule has 2 heterocycles. The lowest BCUT2D eigenvalue weighted by atomic mass is 10.0. The van der Waals surface area contributed by atoms with Crippen molar-refractivity contribution < 1.29 is 19.1 Å². The lowest BCUT2D eigenvalue weighted by Gasteiger charge is -2.27. The highest BCUT2D eigenvalue weighted by Gasteiger charge is 2.24. The van der Waals surface area contributed by atoms with Gasteiger partial charge in [-0.3, -0.25) is 4.79 Å². The monoisotopic (exact) mass is 352 g/mol. The molecule has 0 radical (unpaired) electrons. The Kier molecular flexibility index (Phi) is 3.95. The third-order valence-corrected chi connectivity index (χ3v) is 4.84. The number of nitrogens with one attached hydrogen (secondary N) is 1. The van der Waals surface area contributed by atoms with Crippen molar-refractivity contribution in [3.8, 4) is 0 Å². The van der Waals surface area contributed by atoms with E-state index in [1.807, 2.05) is 0 Å². The number of aromatic nitrogens is 1. The summed E-state index contributed by atoms with van der Waals surface area (Å²) in [7, 11) is 0. The van der Waals surface area contributed by atoms with Gasteiger partial charge in [0.25, 0.3) is 0 Å². The molecule has 0 saturated carbocycles. The minimum absolute atomic E-state index is 0.0222. The van der Waals surface area contributed by atoms with Gasteiger partial charge in [-0.15, -0.1) is 0 Å². The van der Waals surface area contributed by atoms with Crippen molar-refractivity contribution in [2.45, 2.75) is 19.4 Å². The van der Waals surface area contributed by atoms with Gasteiger partial charge in [0.15, 0.2) is 0 Å². The van der Waals surface area contributed by atoms with Gasteiger partial charge >= 0.3 is 5.97 Å². The van der Waals surface area contributed by atoms with E-state index in [0.29, 0.717) is 19.5 Å². The van der Waals surface area contributed by atoms with Gasteiger partial charge in [-0.2, -0.15) is 0 Å². The lowest BCUT2D eigenvalue weighted by molar-refractivity contribution is -0.131. The summed E-state index contributed by atoms with van der Waals surface area (Å²) >= 11 is 0. The second-order valence-corrected chi connectivity index (χ2v) is 6.52. The van der Waals surface area contributed by atoms with Gasteiger partial charge in [0.2, 0.25) is 5.91 Å². The van der Waals surface area contributed by atoms with E-state index >= 15 is 0 Å². The number of carboxylic acid groups (broad SMARTS) is 1. The number of carbonyl (C=O) groups is 2. The molecule has 0 bridgehead atoms. The molecule has 1 amide bonds. The minimum Gasteiger partial charge on any atom is -0.478 e. The van der Waals surface area contributed by atoms with E-state index in [2.05, 4.69) is 4.98 Å². The Morgan fingerprint density at radius 1 is 1.15 bits per heavy atom. The van der Waals surface area contributed by atoms with E-state index in [1.54, 1.807) is 35.2 Å². The van der Waals surface area contributed by atoms with Crippen LogP contribution in [0.1, 0.15) is 27.2 Å². The third kappa shape index (κ3) is 2.94. The predicted octanol–water partition coefficient (Wildman–Crippen LogP) is 3.13. The van der Waals surface area contributed by atoms with Crippen molar-refractivity contribution in [3.63, 3.8) is 0 Å². The molecule has 1 aliphatic heterocycles. The Labute approximate surface area is 149 Å². The lowest BCUT2D eigenvalue weighted by Crippen LogP contribution is -2.36. The summed E-state index contributed by atoms with van der Waals surface area (Å²) in [4.78, 5) is 29.0. The summed E-state index contributed by atoms with van der Waals surface area (Å²) in [6.45, 7) is 1.05. The van der Waals surface area contributed by atoms with E-state index in [1.165, 1.54) is 12.1 Å². The Bertz CT molecular complexity index is 1010. The maximum atomic E-state index is 13.0. The number of carbonyl (C=O) groups excluding carboxylic acids is 1. The molecule has 2 aromatic carbocycles. The molecule has 1 aromatic heterocycles. The number of amides is 1. The Hall–Kier alpha value is -3.15. The van der Waals surface area contributed by atoms with Gasteiger partial charge in [0, 0.05) is 41.7 Å². The number of fused-ring (bicyclic) bond motifs is 3. The second-order valence-electron chi connectivity index (χ2n) is 6.52. The number of halogens is 1. The van der Waals surface area contributed by atoms with Crippen molar-refractivity contribution in [1.82, 2.24) is 9.88 Å². The molecule has 0 fully saturated rings. The predicted molar refractivity (Wildman–Crippen MR) is 94.5 cm³/mol. The average Bonchev–Trinajstić information content (AvgIpc) is 3.00. The number of nitrogens with zero attached hydrogens (tertiary/aromatic N) is 1. The normalized spacial score (nSPS) is 13.7. The number of benzene rings is 2. The molecule has 0 aliphatic carbocycles. The molecule has 0 unspecified atom stereocenters. The molecule has 132 valence electrons. The maximum absolute atomic E-state index is 13.0. The van der Waals surface area contributed by atoms with E-state index in [0.717, 1.165) is 27.7 Å². The largest absolute Gasteiger partial charge is 0.478 e. The highest BCUT2D eigenvalue weighted by atomic mass is 19.1. The molecule has 6 heteroatoms. The number of hydrogen-bond acceptors (Lipinski definition) is 2. The number of carboxylic acids is 1. The Morgan fingerprint density at radius 3 is 2.65 bits per heavy atom. The van der Waals surface area contributed by atoms with Crippen molar-refractivity contribution in [3.05, 3.63) is 70.7 Å². The van der Waals surface area contributed by atoms with Crippen LogP contribution < -0.4 is 0 Å². The van der Waals surface area contributed by atoms with E-state index < -0.39 is 5.97 Å². The van der Waals surface area contributed by atoms with Gasteiger partial charge in [-0.1, -0.05) is 12.1 Å². The van der Waals surface area contributed by atoms with Crippen LogP contribution in [0.5, 0.6) is 0 Å². The molecule has 0 atom stereocenters. The molecule has 0 spiro atoms. The van der Waals surface area contributed by atoms with Crippen LogP contribution >= 0.6 is 0 Å². The van der Waals surface area contributed by atoms with Crippen LogP contribution in [0.4, 0.5) is 4.39 Å². The second kappa shape index (κ2) is 6.29. The standard InChI is InChI=1S/C20H17FN2O3/c21-14-4-1-12(2-5-14)9-19(24)23-8-7-18-16(11-23)15-10-13(20(25)26)3-6-17(15)22-18/h1-6,10,22H,7-9,11H2,(H,25,26). The van der Waals surface area contributed by atoms with E-state index in [-0.39, 0.29) is 23.7 Å². The molecule has 26 heavy (non-hydrogen) atoms. The van der Waals surface area contributed by atoms with Crippen molar-refractivity contribution >= 4 is 22.8 Å². The van der Waals surface area contributed by atoms with Crippen molar-refractivity contribution in [2.24, 2.45) is 0 Å². The smallest absolute Gasteiger partial charge is 0.335 e. The first-order valence-electron chi connectivity index (χ1n) is 8.40. The summed E-state index contributed by atoms with van der Waals surface area (Å²) < 4.78 is 13.0. The number of hydrogen-bond donors (Lipinski definition) is 2. The highest BCUT2D eigenvalue weighted by molar-refractivity contribution is 5.95. The fourth-order valence-electron chi connectivity index (χ4n) is 3.45. The summed E-state index contributed by atoms with van der Waals surface area (Å²) in [6, 6.07) is 10.9. The molecule has 2 N–H and O–H groups in total. The zero-order valence-corrected chi connectivity index (χ0v) is 14.0. The van der Waals surface area contributed by atoms with E-state index in [4.69, 9.17) is 0 Å². The molecular formula is C20H17FN2O3. The van der Waals surface area contributed by atoms with Crippen LogP contribution in [-0.4, -0.2) is 33.4 Å². The molecule has 1 aliphatic rings. The van der Waals surface area contributed by atoms with Crippen molar-refractivity contribution in [2.75, 3.05) is 6.54 Å². The topological polar surface area (TPSA) is 73.4 Å². The number of H-pyrrole nitrogens is 1. The summed E-state index contributed by atoms with van der Waals surface area (Å²) in [6.07, 6.45) is 0.917. The zero-order valence-electron chi connectivity index (χ0n) is 14.0. The average molecular weight is 352 g/mol. The maximum Gasteiger partial charge on any atom is 0.335 e. The molecule has 3 aromatic rings. The first-order chi connectivity index (χ1) is 12.5. The summed E-state index contributed by atoms with van der Waals surface area (Å²) in [5.74, 6) is -1.32. The van der Waals surface area contributed by atoms with Crippen LogP contribution in [0.3, 0.4) is 0 Å². The fraction of sp³-hybridized carbons (Fsp3) is 0.200. The molecule has 4 rings (SSSR count). The Morgan fingerprint density at radius 2 is 1.92 bits per heavy atom. The van der Waals surface area contributed by atoms with Crippen LogP contribution in [0.25, 0.3) is 10.9 Å². The number of aromatic carboxylic acids is 1. The SMILES string of the molecule is O=C(O)c1ccc2[nH]c3c(c2c1)CN(C(=O)Cc1ccc(F)cc1)CC3. The number of aromatic amines is 1. The van der Waals surface area contributed by atoms with Gasteiger partial charge in [-0.25, -0.2) is 9.18 Å². The zero-order chi connectivity index (χ0) is 18.3. The quantitative estimate of drug-likeness (QED) is 0.761. The van der Waals surface area contributed by atoms with Crippen molar-refractivity contribution in [1.29, 1.82) is 0 Å². The minimum atomic E-state index is -0.970. The Balaban J connectivity index is 1.59. The highest BCUT2D eigenvalue weighted by Crippen LogP contribution is 2.29. The van der Waals surface area contributed by atoms with E-state index in [9.17, 15) is 19.1 Å². The molecular weight excluding hydrogens is 335 g/mol. The third-order valence-electron chi connectivity index (χ3n) is 4.84. The first kappa shape index (κ1) is 16.3.